The third-order valence-corrected chi connectivity index (χ3v) is 3.11. The third-order valence-electron chi connectivity index (χ3n) is 3.11. The van der Waals surface area contributed by atoms with E-state index in [1.165, 1.54) is 4.52 Å². The SMILES string of the molecule is CCNC(=O)Nc1nc2cc(-c3cccnc3)cc(C#N)n2n1. The molecule has 3 aromatic heterocycles. The maximum Gasteiger partial charge on any atom is 0.321 e. The van der Waals surface area contributed by atoms with Crippen LogP contribution in [0.1, 0.15) is 12.6 Å². The number of nitrogens with one attached hydrogen (secondary N) is 2. The smallest absolute Gasteiger partial charge is 0.321 e. The molecule has 3 heterocycles. The first kappa shape index (κ1) is 14.5. The number of rotatable bonds is 3. The molecule has 0 aliphatic heterocycles. The van der Waals surface area contributed by atoms with E-state index >= 15 is 0 Å². The summed E-state index contributed by atoms with van der Waals surface area (Å²) < 4.78 is 1.39. The van der Waals surface area contributed by atoms with Crippen molar-refractivity contribution >= 4 is 17.6 Å². The number of carbonyl (C=O) groups excluding carboxylic acids is 1. The van der Waals surface area contributed by atoms with Gasteiger partial charge < -0.3 is 5.32 Å². The summed E-state index contributed by atoms with van der Waals surface area (Å²) in [5, 5.41) is 18.6. The van der Waals surface area contributed by atoms with Crippen LogP contribution >= 0.6 is 0 Å². The first-order chi connectivity index (χ1) is 11.2. The number of anilines is 1. The summed E-state index contributed by atoms with van der Waals surface area (Å²) in [6, 6.07) is 8.89. The summed E-state index contributed by atoms with van der Waals surface area (Å²) in [6.45, 7) is 2.30. The van der Waals surface area contributed by atoms with Crippen LogP contribution in [-0.4, -0.2) is 32.2 Å². The molecule has 3 aromatic rings. The van der Waals surface area contributed by atoms with Crippen molar-refractivity contribution in [2.75, 3.05) is 11.9 Å². The van der Waals surface area contributed by atoms with Gasteiger partial charge in [0, 0.05) is 24.5 Å². The molecule has 8 heteroatoms. The van der Waals surface area contributed by atoms with E-state index in [0.717, 1.165) is 11.1 Å². The highest BCUT2D eigenvalue weighted by Crippen LogP contribution is 2.22. The number of aromatic nitrogens is 4. The van der Waals surface area contributed by atoms with Gasteiger partial charge in [-0.25, -0.2) is 9.31 Å². The van der Waals surface area contributed by atoms with Crippen molar-refractivity contribution in [1.82, 2.24) is 24.9 Å². The molecule has 0 aliphatic rings. The number of nitrogens with zero attached hydrogens (tertiary/aromatic N) is 5. The Morgan fingerprint density at radius 3 is 2.96 bits per heavy atom. The topological polar surface area (TPSA) is 108 Å². The summed E-state index contributed by atoms with van der Waals surface area (Å²) in [7, 11) is 0. The lowest BCUT2D eigenvalue weighted by atomic mass is 10.1. The molecule has 0 unspecified atom stereocenters. The van der Waals surface area contributed by atoms with E-state index in [9.17, 15) is 10.1 Å². The summed E-state index contributed by atoms with van der Waals surface area (Å²) in [6.07, 6.45) is 3.38. The van der Waals surface area contributed by atoms with Gasteiger partial charge in [-0.05, 0) is 30.7 Å². The molecule has 0 aromatic carbocycles. The molecule has 0 spiro atoms. The van der Waals surface area contributed by atoms with Gasteiger partial charge >= 0.3 is 6.03 Å². The minimum absolute atomic E-state index is 0.135. The van der Waals surface area contributed by atoms with E-state index in [1.54, 1.807) is 24.5 Å². The number of hydrogen-bond acceptors (Lipinski definition) is 5. The molecule has 0 saturated heterocycles. The Labute approximate surface area is 131 Å². The highest BCUT2D eigenvalue weighted by molar-refractivity contribution is 5.87. The fourth-order valence-electron chi connectivity index (χ4n) is 2.12. The summed E-state index contributed by atoms with van der Waals surface area (Å²) in [5.41, 5.74) is 2.46. The number of pyridine rings is 2. The predicted molar refractivity (Wildman–Crippen MR) is 83.6 cm³/mol. The number of amides is 2. The molecular formula is C15H13N7O. The Balaban J connectivity index is 2.04. The molecular weight excluding hydrogens is 294 g/mol. The van der Waals surface area contributed by atoms with Gasteiger partial charge in [0.1, 0.15) is 11.8 Å². The van der Waals surface area contributed by atoms with E-state index in [0.29, 0.717) is 17.9 Å². The Hall–Kier alpha value is -3.47. The van der Waals surface area contributed by atoms with Crippen LogP contribution in [0, 0.1) is 11.3 Å². The van der Waals surface area contributed by atoms with Crippen molar-refractivity contribution in [2.24, 2.45) is 0 Å². The van der Waals surface area contributed by atoms with Crippen LogP contribution in [-0.2, 0) is 0 Å². The van der Waals surface area contributed by atoms with Gasteiger partial charge in [0.15, 0.2) is 5.65 Å². The summed E-state index contributed by atoms with van der Waals surface area (Å²) in [4.78, 5) is 19.9. The first-order valence-corrected chi connectivity index (χ1v) is 6.97. The Kier molecular flexibility index (Phi) is 3.84. The summed E-state index contributed by atoms with van der Waals surface area (Å²) in [5.74, 6) is 0.135. The van der Waals surface area contributed by atoms with Gasteiger partial charge in [-0.3, -0.25) is 10.3 Å². The molecule has 0 aliphatic carbocycles. The Bertz CT molecular complexity index is 895. The van der Waals surface area contributed by atoms with Crippen LogP contribution in [0.15, 0.2) is 36.7 Å². The van der Waals surface area contributed by atoms with Crippen molar-refractivity contribution in [3.63, 3.8) is 0 Å². The number of fused-ring (bicyclic) bond motifs is 1. The lowest BCUT2D eigenvalue weighted by Crippen LogP contribution is -2.28. The third kappa shape index (κ3) is 2.94. The quantitative estimate of drug-likeness (QED) is 0.767. The average molecular weight is 307 g/mol. The standard InChI is InChI=1S/C15H13N7O/c1-2-18-15(23)20-14-19-13-7-11(10-4-3-5-17-9-10)6-12(8-16)22(13)21-14/h3-7,9H,2H2,1H3,(H2,18,20,21,23). The molecule has 3 rings (SSSR count). The number of nitriles is 1. The molecule has 0 bridgehead atoms. The molecule has 23 heavy (non-hydrogen) atoms. The fourth-order valence-corrected chi connectivity index (χ4v) is 2.12. The summed E-state index contributed by atoms with van der Waals surface area (Å²) >= 11 is 0. The minimum Gasteiger partial charge on any atom is -0.338 e. The Morgan fingerprint density at radius 1 is 1.39 bits per heavy atom. The molecule has 2 amide bonds. The molecule has 0 atom stereocenters. The van der Waals surface area contributed by atoms with Crippen molar-refractivity contribution < 1.29 is 4.79 Å². The van der Waals surface area contributed by atoms with Crippen molar-refractivity contribution in [3.05, 3.63) is 42.4 Å². The van der Waals surface area contributed by atoms with Crippen LogP contribution in [0.3, 0.4) is 0 Å². The van der Waals surface area contributed by atoms with E-state index < -0.39 is 6.03 Å². The van der Waals surface area contributed by atoms with Crippen LogP contribution in [0.4, 0.5) is 10.7 Å². The number of carbonyl (C=O) groups is 1. The molecule has 114 valence electrons. The van der Waals surface area contributed by atoms with E-state index in [1.807, 2.05) is 19.1 Å². The van der Waals surface area contributed by atoms with E-state index in [4.69, 9.17) is 0 Å². The lowest BCUT2D eigenvalue weighted by molar-refractivity contribution is 0.252. The second-order valence-electron chi connectivity index (χ2n) is 4.67. The monoisotopic (exact) mass is 307 g/mol. The minimum atomic E-state index is -0.394. The van der Waals surface area contributed by atoms with Crippen LogP contribution in [0.25, 0.3) is 16.8 Å². The zero-order valence-corrected chi connectivity index (χ0v) is 12.3. The second-order valence-corrected chi connectivity index (χ2v) is 4.67. The van der Waals surface area contributed by atoms with Crippen molar-refractivity contribution in [1.29, 1.82) is 5.26 Å². The van der Waals surface area contributed by atoms with Crippen LogP contribution in [0.5, 0.6) is 0 Å². The highest BCUT2D eigenvalue weighted by atomic mass is 16.2. The fraction of sp³-hybridized carbons (Fsp3) is 0.133. The highest BCUT2D eigenvalue weighted by Gasteiger charge is 2.12. The molecule has 8 nitrogen and oxygen atoms in total. The van der Waals surface area contributed by atoms with Gasteiger partial charge in [0.05, 0.1) is 0 Å². The molecule has 0 saturated carbocycles. The zero-order chi connectivity index (χ0) is 16.2. The molecule has 0 radical (unpaired) electrons. The average Bonchev–Trinajstić information content (AvgIpc) is 2.97. The second kappa shape index (κ2) is 6.11. The Morgan fingerprint density at radius 2 is 2.26 bits per heavy atom. The maximum absolute atomic E-state index is 11.5. The number of hydrogen-bond donors (Lipinski definition) is 2. The largest absolute Gasteiger partial charge is 0.338 e. The normalized spacial score (nSPS) is 10.3. The van der Waals surface area contributed by atoms with E-state index in [2.05, 4.69) is 31.8 Å². The number of urea groups is 1. The van der Waals surface area contributed by atoms with Gasteiger partial charge in [0.2, 0.25) is 0 Å². The lowest BCUT2D eigenvalue weighted by Gasteiger charge is -2.02. The maximum atomic E-state index is 11.5. The molecule has 2 N–H and O–H groups in total. The van der Waals surface area contributed by atoms with Crippen molar-refractivity contribution in [2.45, 2.75) is 6.92 Å². The predicted octanol–water partition coefficient (Wildman–Crippen LogP) is 1.80. The van der Waals surface area contributed by atoms with Crippen LogP contribution in [0.2, 0.25) is 0 Å². The van der Waals surface area contributed by atoms with Gasteiger partial charge in [-0.1, -0.05) is 6.07 Å². The van der Waals surface area contributed by atoms with Gasteiger partial charge in [-0.15, -0.1) is 5.10 Å². The van der Waals surface area contributed by atoms with E-state index in [-0.39, 0.29) is 5.95 Å². The van der Waals surface area contributed by atoms with Crippen LogP contribution < -0.4 is 10.6 Å². The first-order valence-electron chi connectivity index (χ1n) is 6.97. The molecule has 0 fully saturated rings. The van der Waals surface area contributed by atoms with Crippen molar-refractivity contribution in [3.8, 4) is 17.2 Å². The van der Waals surface area contributed by atoms with Gasteiger partial charge in [-0.2, -0.15) is 10.2 Å². The van der Waals surface area contributed by atoms with Gasteiger partial charge in [0.25, 0.3) is 5.95 Å². The zero-order valence-electron chi connectivity index (χ0n) is 12.3.